The fourth-order valence-electron chi connectivity index (χ4n) is 0.708. The first-order valence-corrected chi connectivity index (χ1v) is 8.27. The first-order chi connectivity index (χ1) is 4.71. The van der Waals surface area contributed by atoms with E-state index in [2.05, 4.69) is 0 Å². The summed E-state index contributed by atoms with van der Waals surface area (Å²) >= 11 is 0. The van der Waals surface area contributed by atoms with Crippen LogP contribution in [-0.4, -0.2) is 42.9 Å². The van der Waals surface area contributed by atoms with Crippen LogP contribution in [-0.2, 0) is 19.8 Å². The molecule has 0 aromatic carbocycles. The molecule has 0 bridgehead atoms. The van der Waals surface area contributed by atoms with Crippen LogP contribution in [0.15, 0.2) is 0 Å². The molecule has 70 valence electrons. The molecular weight excluding hydrogens is 184 g/mol. The van der Waals surface area contributed by atoms with E-state index in [1.165, 1.54) is 6.26 Å². The first kappa shape index (κ1) is 11.1. The van der Waals surface area contributed by atoms with E-state index in [0.29, 0.717) is 12.2 Å². The minimum Gasteiger partial charge on any atom is -0.285 e. The molecule has 0 aromatic heterocycles. The molecule has 0 unspecified atom stereocenters. The Hall–Kier alpha value is 0.1000. The number of hydrogen-bond acceptors (Lipinski definition) is 3. The molecule has 0 aliphatic heterocycles. The molecule has 0 atom stereocenters. The monoisotopic (exact) mass is 200 g/mol. The van der Waals surface area contributed by atoms with E-state index in [4.69, 9.17) is 0 Å². The van der Waals surface area contributed by atoms with Crippen molar-refractivity contribution in [3.05, 3.63) is 0 Å². The van der Waals surface area contributed by atoms with Gasteiger partial charge in [0.1, 0.15) is 9.84 Å². The maximum atomic E-state index is 11.1. The highest BCUT2D eigenvalue weighted by atomic mass is 32.2. The smallest absolute Gasteiger partial charge is 0.147 e. The van der Waals surface area contributed by atoms with Gasteiger partial charge in [-0.1, -0.05) is 0 Å². The van der Waals surface area contributed by atoms with Crippen LogP contribution < -0.4 is 0 Å². The molecule has 3 nitrogen and oxygen atoms in total. The lowest BCUT2D eigenvalue weighted by atomic mass is 10.6. The predicted molar refractivity (Wildman–Crippen MR) is 50.6 cm³/mol. The first-order valence-electron chi connectivity index (χ1n) is 3.42. The van der Waals surface area contributed by atoms with Gasteiger partial charge in [0.25, 0.3) is 0 Å². The van der Waals surface area contributed by atoms with E-state index in [0.717, 1.165) is 0 Å². The normalized spacial score (nSPS) is 14.8. The third-order valence-corrected chi connectivity index (χ3v) is 3.64. The van der Waals surface area contributed by atoms with Crippen molar-refractivity contribution < 1.29 is 12.6 Å². The third-order valence-electron chi connectivity index (χ3n) is 1.21. The minimum absolute atomic E-state index is 0.151. The molecule has 0 aliphatic rings. The highest BCUT2D eigenvalue weighted by Gasteiger charge is 2.05. The number of rotatable bonds is 4. The molecule has 0 amide bonds. The molecule has 0 spiro atoms. The van der Waals surface area contributed by atoms with Crippen molar-refractivity contribution in [1.29, 1.82) is 0 Å². The zero-order chi connectivity index (χ0) is 9.12. The average Bonchev–Trinajstić information content (AvgIpc) is 1.55. The summed E-state index contributed by atoms with van der Waals surface area (Å²) in [4.78, 5) is 0. The molecule has 0 aliphatic carbocycles. The van der Waals surface area contributed by atoms with Gasteiger partial charge in [-0.2, -0.15) is 0 Å². The van der Waals surface area contributed by atoms with Crippen LogP contribution in [0.2, 0.25) is 0 Å². The molecule has 11 heavy (non-hydrogen) atoms. The van der Waals surface area contributed by atoms with E-state index < -0.39 is 19.8 Å². The van der Waals surface area contributed by atoms with Crippen molar-refractivity contribution in [2.24, 2.45) is 0 Å². The Bertz CT molecular complexity index is 247. The van der Waals surface area contributed by atoms with Crippen molar-refractivity contribution in [2.75, 3.05) is 30.3 Å². The summed E-state index contributed by atoms with van der Waals surface area (Å²) in [5.41, 5.74) is 0. The van der Waals surface area contributed by atoms with Crippen LogP contribution in [0.1, 0.15) is 6.42 Å². The zero-order valence-corrected chi connectivity index (χ0v) is 8.91. The van der Waals surface area contributed by atoms with Crippen LogP contribution in [0.4, 0.5) is 0 Å². The largest absolute Gasteiger partial charge is 0.285 e. The van der Waals surface area contributed by atoms with Crippen LogP contribution >= 0.6 is 0 Å². The number of sulfone groups is 1. The molecule has 0 N–H and O–H groups in total. The second kappa shape index (κ2) is 3.67. The van der Waals surface area contributed by atoms with Crippen molar-refractivity contribution >= 4 is 19.8 Å². The van der Waals surface area contributed by atoms with Gasteiger partial charge in [0, 0.05) is 12.0 Å². The van der Waals surface area contributed by atoms with Crippen molar-refractivity contribution in [1.82, 2.24) is 0 Å². The quantitative estimate of drug-likeness (QED) is 0.634. The Labute approximate surface area is 69.5 Å². The van der Waals surface area contributed by atoms with Gasteiger partial charge in [0.2, 0.25) is 0 Å². The maximum Gasteiger partial charge on any atom is 0.147 e. The van der Waals surface area contributed by atoms with Gasteiger partial charge in [-0.25, -0.2) is 8.42 Å². The Morgan fingerprint density at radius 2 is 1.73 bits per heavy atom. The third kappa shape index (κ3) is 10.1. The Balaban J connectivity index is 3.70. The molecule has 0 rings (SSSR count). The van der Waals surface area contributed by atoms with Crippen LogP contribution in [0.5, 0.6) is 0 Å². The van der Waals surface area contributed by atoms with Crippen LogP contribution in [0, 0.1) is 0 Å². The number of hydrogen-bond donors (Lipinski definition) is 1. The molecule has 5 heteroatoms. The van der Waals surface area contributed by atoms with Gasteiger partial charge in [0.05, 0.1) is 5.75 Å². The highest BCUT2D eigenvalue weighted by Crippen LogP contribution is 1.98. The van der Waals surface area contributed by atoms with Gasteiger partial charge in [-0.05, 0) is 18.9 Å². The Kier molecular flexibility index (Phi) is 3.70. The Morgan fingerprint density at radius 3 is 2.00 bits per heavy atom. The molecule has 0 saturated carbocycles. The van der Waals surface area contributed by atoms with E-state index in [1.54, 1.807) is 12.5 Å². The number of thiol groups is 1. The molecule has 0 aromatic rings. The van der Waals surface area contributed by atoms with Gasteiger partial charge in [0.15, 0.2) is 0 Å². The second-order valence-electron chi connectivity index (χ2n) is 3.28. The standard InChI is InChI=1S/C6H16O3S2/c1-10(2,7)5-4-6-11(3,8)9/h10H,4-6H2,1-3H3. The van der Waals surface area contributed by atoms with E-state index in [-0.39, 0.29) is 5.75 Å². The van der Waals surface area contributed by atoms with Gasteiger partial charge in [-0.15, -0.1) is 9.93 Å². The molecule has 0 radical (unpaired) electrons. The fraction of sp³-hybridized carbons (Fsp3) is 1.00. The summed E-state index contributed by atoms with van der Waals surface area (Å²) < 4.78 is 32.4. The Morgan fingerprint density at radius 1 is 1.27 bits per heavy atom. The summed E-state index contributed by atoms with van der Waals surface area (Å²) in [7, 11) is -4.88. The van der Waals surface area contributed by atoms with E-state index in [9.17, 15) is 12.6 Å². The van der Waals surface area contributed by atoms with Gasteiger partial charge < -0.3 is 0 Å². The summed E-state index contributed by atoms with van der Waals surface area (Å²) in [6, 6.07) is 0. The van der Waals surface area contributed by atoms with E-state index >= 15 is 0 Å². The van der Waals surface area contributed by atoms with Gasteiger partial charge >= 0.3 is 0 Å². The van der Waals surface area contributed by atoms with Crippen LogP contribution in [0.3, 0.4) is 0 Å². The summed E-state index contributed by atoms with van der Waals surface area (Å²) in [5, 5.41) is 0. The summed E-state index contributed by atoms with van der Waals surface area (Å²) in [6.45, 7) is 0. The fourth-order valence-corrected chi connectivity index (χ4v) is 2.51. The lowest BCUT2D eigenvalue weighted by Crippen LogP contribution is -2.15. The van der Waals surface area contributed by atoms with Crippen molar-refractivity contribution in [3.8, 4) is 0 Å². The average molecular weight is 200 g/mol. The van der Waals surface area contributed by atoms with Crippen molar-refractivity contribution in [3.63, 3.8) is 0 Å². The molecule has 0 heterocycles. The highest BCUT2D eigenvalue weighted by molar-refractivity contribution is 8.01. The lowest BCUT2D eigenvalue weighted by molar-refractivity contribution is 0.600. The molecule has 0 fully saturated rings. The topological polar surface area (TPSA) is 51.2 Å². The summed E-state index contributed by atoms with van der Waals surface area (Å²) in [6.07, 6.45) is 5.07. The SMILES string of the molecule is CS(=O)(=O)CCC[SH](C)(C)=O. The zero-order valence-electron chi connectivity index (χ0n) is 7.20. The predicted octanol–water partition coefficient (Wildman–Crippen LogP) is -0.303. The van der Waals surface area contributed by atoms with Gasteiger partial charge in [-0.3, -0.25) is 4.21 Å². The maximum absolute atomic E-state index is 11.1. The van der Waals surface area contributed by atoms with Crippen LogP contribution in [0.25, 0.3) is 0 Å². The van der Waals surface area contributed by atoms with Crippen molar-refractivity contribution in [2.45, 2.75) is 6.42 Å². The molecular formula is C6H16O3S2. The lowest BCUT2D eigenvalue weighted by Gasteiger charge is -2.09. The molecule has 0 saturated heterocycles. The summed E-state index contributed by atoms with van der Waals surface area (Å²) in [5.74, 6) is 0.679. The van der Waals surface area contributed by atoms with E-state index in [1.807, 2.05) is 0 Å². The minimum atomic E-state index is -2.87. The second-order valence-corrected chi connectivity index (χ2v) is 9.14.